The lowest BCUT2D eigenvalue weighted by molar-refractivity contribution is -0.0622. The van der Waals surface area contributed by atoms with Crippen LogP contribution in [0.5, 0.6) is 5.88 Å². The molecule has 9 nitrogen and oxygen atoms in total. The number of nitrogens with zero attached hydrogens (tertiary/aromatic N) is 4. The van der Waals surface area contributed by atoms with Crippen molar-refractivity contribution >= 4 is 22.3 Å². The molecule has 0 unspecified atom stereocenters. The molecule has 0 saturated carbocycles. The van der Waals surface area contributed by atoms with Gasteiger partial charge in [0, 0.05) is 37.3 Å². The van der Waals surface area contributed by atoms with E-state index in [0.717, 1.165) is 55.5 Å². The molecule has 46 heavy (non-hydrogen) atoms. The van der Waals surface area contributed by atoms with Crippen LogP contribution in [-0.4, -0.2) is 67.5 Å². The third-order valence-corrected chi connectivity index (χ3v) is 9.33. The average molecular weight is 652 g/mol. The van der Waals surface area contributed by atoms with Crippen LogP contribution in [0.15, 0.2) is 53.4 Å². The van der Waals surface area contributed by atoms with Crippen LogP contribution in [-0.2, 0) is 10.0 Å². The molecule has 0 aliphatic heterocycles. The molecular formula is C36H53N5O4S. The van der Waals surface area contributed by atoms with Crippen molar-refractivity contribution in [1.82, 2.24) is 20.0 Å². The summed E-state index contributed by atoms with van der Waals surface area (Å²) in [6.07, 6.45) is 4.82. The lowest BCUT2D eigenvalue weighted by atomic mass is 9.92. The molecule has 1 heterocycles. The molecule has 0 saturated heterocycles. The van der Waals surface area contributed by atoms with E-state index in [1.807, 2.05) is 32.0 Å². The first-order chi connectivity index (χ1) is 21.6. The molecule has 0 aliphatic carbocycles. The van der Waals surface area contributed by atoms with Gasteiger partial charge in [-0.05, 0) is 67.7 Å². The predicted molar refractivity (Wildman–Crippen MR) is 187 cm³/mol. The number of nitrogens with one attached hydrogen (secondary N) is 1. The number of aryl methyl sites for hydroxylation is 2. The smallest absolute Gasteiger partial charge is 0.264 e. The van der Waals surface area contributed by atoms with Crippen molar-refractivity contribution in [2.24, 2.45) is 11.3 Å². The Balaban J connectivity index is 1.99. The van der Waals surface area contributed by atoms with Gasteiger partial charge in [0.25, 0.3) is 10.0 Å². The second-order valence-electron chi connectivity index (χ2n) is 13.8. The number of aromatic nitrogens is 2. The van der Waals surface area contributed by atoms with E-state index in [2.05, 4.69) is 73.3 Å². The van der Waals surface area contributed by atoms with Crippen LogP contribution in [0, 0.1) is 25.2 Å². The molecule has 3 rings (SSSR count). The second-order valence-corrected chi connectivity index (χ2v) is 15.4. The van der Waals surface area contributed by atoms with Gasteiger partial charge in [-0.3, -0.25) is 4.79 Å². The number of sulfonamides is 1. The van der Waals surface area contributed by atoms with E-state index in [1.165, 1.54) is 18.2 Å². The Labute approximate surface area is 276 Å². The topological polar surface area (TPSA) is 105 Å². The largest absolute Gasteiger partial charge is 0.476 e. The number of hydrazine groups is 1. The molecule has 1 atom stereocenters. The van der Waals surface area contributed by atoms with Gasteiger partial charge >= 0.3 is 0 Å². The van der Waals surface area contributed by atoms with Crippen LogP contribution in [0.1, 0.15) is 88.7 Å². The van der Waals surface area contributed by atoms with Gasteiger partial charge in [0.2, 0.25) is 11.8 Å². The normalized spacial score (nSPS) is 13.0. The zero-order valence-corrected chi connectivity index (χ0v) is 29.9. The number of rotatable bonds is 17. The summed E-state index contributed by atoms with van der Waals surface area (Å²) in [6.45, 7) is 19.7. The monoisotopic (exact) mass is 651 g/mol. The Hall–Kier alpha value is -3.34. The highest BCUT2D eigenvalue weighted by Crippen LogP contribution is 2.30. The Morgan fingerprint density at radius 1 is 1.00 bits per heavy atom. The van der Waals surface area contributed by atoms with Gasteiger partial charge < -0.3 is 4.74 Å². The summed E-state index contributed by atoms with van der Waals surface area (Å²) < 4.78 is 35.7. The van der Waals surface area contributed by atoms with Crippen molar-refractivity contribution < 1.29 is 17.9 Å². The Morgan fingerprint density at radius 3 is 2.28 bits per heavy atom. The number of aldehydes is 1. The van der Waals surface area contributed by atoms with Gasteiger partial charge in [-0.15, -0.1) is 0 Å². The minimum absolute atomic E-state index is 0.0540. The zero-order chi connectivity index (χ0) is 34.1. The first-order valence-corrected chi connectivity index (χ1v) is 17.8. The third-order valence-electron chi connectivity index (χ3n) is 8.00. The molecule has 0 fully saturated rings. The van der Waals surface area contributed by atoms with Crippen LogP contribution in [0.3, 0.4) is 0 Å². The minimum Gasteiger partial charge on any atom is -0.476 e. The lowest BCUT2D eigenvalue weighted by Gasteiger charge is -2.39. The van der Waals surface area contributed by atoms with E-state index >= 15 is 0 Å². The second kappa shape index (κ2) is 16.5. The highest BCUT2D eigenvalue weighted by Gasteiger charge is 2.25. The first kappa shape index (κ1) is 37.1. The minimum atomic E-state index is -4.09. The number of unbranched alkanes of at least 4 members (excludes halogenated alkanes) is 1. The van der Waals surface area contributed by atoms with E-state index in [1.54, 1.807) is 12.1 Å². The van der Waals surface area contributed by atoms with Crippen molar-refractivity contribution in [2.45, 2.75) is 92.0 Å². The zero-order valence-electron chi connectivity index (χ0n) is 29.1. The van der Waals surface area contributed by atoms with E-state index in [9.17, 15) is 13.2 Å². The average Bonchev–Trinajstić information content (AvgIpc) is 2.98. The number of carbonyl (C=O) groups excluding carboxylic acids is 1. The molecule has 10 heteroatoms. The number of anilines is 1. The maximum Gasteiger partial charge on any atom is 0.264 e. The number of hydrogen-bond donors (Lipinski definition) is 1. The van der Waals surface area contributed by atoms with Gasteiger partial charge in [-0.1, -0.05) is 78.3 Å². The van der Waals surface area contributed by atoms with E-state index in [-0.39, 0.29) is 33.7 Å². The van der Waals surface area contributed by atoms with Gasteiger partial charge in [-0.25, -0.2) is 28.1 Å². The predicted octanol–water partition coefficient (Wildman–Crippen LogP) is 7.55. The highest BCUT2D eigenvalue weighted by atomic mass is 32.2. The number of carbonyl (C=O) groups is 1. The molecule has 0 spiro atoms. The summed E-state index contributed by atoms with van der Waals surface area (Å²) in [5.74, 6) is 0.617. The maximum absolute atomic E-state index is 13.4. The van der Waals surface area contributed by atoms with E-state index in [0.29, 0.717) is 24.5 Å². The van der Waals surface area contributed by atoms with Gasteiger partial charge in [0.15, 0.2) is 0 Å². The van der Waals surface area contributed by atoms with E-state index in [4.69, 9.17) is 4.74 Å². The van der Waals surface area contributed by atoms with Crippen molar-refractivity contribution in [3.8, 4) is 17.1 Å². The fraction of sp³-hybridized carbons (Fsp3) is 0.528. The molecule has 0 aliphatic rings. The number of hydrogen-bond acceptors (Lipinski definition) is 8. The van der Waals surface area contributed by atoms with Crippen molar-refractivity contribution in [3.05, 3.63) is 65.2 Å². The van der Waals surface area contributed by atoms with Crippen LogP contribution < -0.4 is 9.46 Å². The lowest BCUT2D eigenvalue weighted by Crippen LogP contribution is -2.50. The van der Waals surface area contributed by atoms with Crippen molar-refractivity contribution in [1.29, 1.82) is 0 Å². The molecule has 3 aromatic rings. The summed E-state index contributed by atoms with van der Waals surface area (Å²) in [6, 6.07) is 13.6. The number of benzene rings is 2. The summed E-state index contributed by atoms with van der Waals surface area (Å²) in [7, 11) is -1.94. The molecule has 0 radical (unpaired) electrons. The fourth-order valence-corrected chi connectivity index (χ4v) is 6.34. The van der Waals surface area contributed by atoms with Crippen molar-refractivity contribution in [2.75, 3.05) is 31.5 Å². The van der Waals surface area contributed by atoms with Gasteiger partial charge in [0.05, 0.1) is 16.6 Å². The highest BCUT2D eigenvalue weighted by molar-refractivity contribution is 7.92. The summed E-state index contributed by atoms with van der Waals surface area (Å²) >= 11 is 0. The Morgan fingerprint density at radius 2 is 1.67 bits per heavy atom. The summed E-state index contributed by atoms with van der Waals surface area (Å²) in [5.41, 5.74) is 3.93. The number of ether oxygens (including phenoxy) is 1. The number of likely N-dealkylation sites (N-methyl/N-ethyl adjacent to an activating group) is 1. The molecule has 2 aromatic carbocycles. The van der Waals surface area contributed by atoms with Crippen LogP contribution in [0.25, 0.3) is 11.3 Å². The quantitative estimate of drug-likeness (QED) is 0.118. The molecule has 1 N–H and O–H groups in total. The first-order valence-electron chi connectivity index (χ1n) is 16.3. The molecule has 0 amide bonds. The van der Waals surface area contributed by atoms with E-state index < -0.39 is 10.0 Å². The van der Waals surface area contributed by atoms with Crippen LogP contribution in [0.2, 0.25) is 0 Å². The maximum atomic E-state index is 13.4. The molecule has 1 aromatic heterocycles. The summed E-state index contributed by atoms with van der Waals surface area (Å²) in [5, 5.41) is 4.78. The molecular weight excluding hydrogens is 598 g/mol. The molecule has 0 bridgehead atoms. The standard InChI is InChI=1S/C36H53N5O4S/c1-10-11-19-41(20-18-36(6,7)8)40(9)30(21-26(2)3)25-45-33-23-32(34-27(4)14-12-15-28(34)5)37-35(38-33)39-46(43,44)31-17-13-16-29(22-31)24-42/h12-17,22-24,26,30H,10-11,18-21,25H2,1-9H3,(H,37,38,39)/t30-/m1/s1. The third kappa shape index (κ3) is 10.9. The Bertz CT molecular complexity index is 1530. The summed E-state index contributed by atoms with van der Waals surface area (Å²) in [4.78, 5) is 20.4. The van der Waals surface area contributed by atoms with Crippen LogP contribution >= 0.6 is 0 Å². The Kier molecular flexibility index (Phi) is 13.3. The van der Waals surface area contributed by atoms with Gasteiger partial charge in [-0.2, -0.15) is 4.98 Å². The fourth-order valence-electron chi connectivity index (χ4n) is 5.34. The van der Waals surface area contributed by atoms with Gasteiger partial charge in [0.1, 0.15) is 12.9 Å². The van der Waals surface area contributed by atoms with Crippen molar-refractivity contribution in [3.63, 3.8) is 0 Å². The van der Waals surface area contributed by atoms with Crippen LogP contribution in [0.4, 0.5) is 5.95 Å². The molecule has 252 valence electrons. The SMILES string of the molecule is CCCCN(CCC(C)(C)C)N(C)[C@@H](COc1cc(-c2c(C)cccc2C)nc(NS(=O)(=O)c2cccc(C=O)c2)n1)CC(C)C.